The van der Waals surface area contributed by atoms with E-state index in [2.05, 4.69) is 53.1 Å². The van der Waals surface area contributed by atoms with Crippen molar-refractivity contribution in [2.24, 2.45) is 0 Å². The summed E-state index contributed by atoms with van der Waals surface area (Å²) in [5, 5.41) is 0. The summed E-state index contributed by atoms with van der Waals surface area (Å²) in [7, 11) is 4.11. The smallest absolute Gasteiger partial charge is 0.0220 e. The molecule has 3 heteroatoms. The maximum Gasteiger partial charge on any atom is 0.0220 e. The van der Waals surface area contributed by atoms with Crippen molar-refractivity contribution in [3.8, 4) is 0 Å². The molecule has 0 fully saturated rings. The second-order valence-corrected chi connectivity index (χ2v) is 4.03. The molecule has 0 radical (unpaired) electrons. The van der Waals surface area contributed by atoms with Crippen LogP contribution in [0.3, 0.4) is 0 Å². The SMILES string of the molecule is Br.CN(C)CC=C(Br)c1ccccc1. The van der Waals surface area contributed by atoms with Gasteiger partial charge >= 0.3 is 0 Å². The van der Waals surface area contributed by atoms with E-state index in [1.807, 2.05) is 18.2 Å². The standard InChI is InChI=1S/C11H14BrN.BrH/c1-13(2)9-8-11(12)10-6-4-3-5-7-10;/h3-8H,9H2,1-2H3;1H. The fraction of sp³-hybridized carbons (Fsp3) is 0.273. The van der Waals surface area contributed by atoms with Crippen LogP contribution in [0.2, 0.25) is 0 Å². The van der Waals surface area contributed by atoms with Crippen molar-refractivity contribution in [3.63, 3.8) is 0 Å². The zero-order chi connectivity index (χ0) is 9.68. The average Bonchev–Trinajstić information content (AvgIpc) is 2.15. The maximum absolute atomic E-state index is 3.55. The van der Waals surface area contributed by atoms with Gasteiger partial charge in [0.2, 0.25) is 0 Å². The third kappa shape index (κ3) is 4.94. The van der Waals surface area contributed by atoms with Crippen LogP contribution in [0.25, 0.3) is 4.48 Å². The van der Waals surface area contributed by atoms with Crippen LogP contribution >= 0.6 is 32.9 Å². The highest BCUT2D eigenvalue weighted by Crippen LogP contribution is 2.19. The molecule has 0 aliphatic heterocycles. The fourth-order valence-electron chi connectivity index (χ4n) is 0.978. The molecule has 0 N–H and O–H groups in total. The van der Waals surface area contributed by atoms with Gasteiger partial charge in [0.1, 0.15) is 0 Å². The van der Waals surface area contributed by atoms with Gasteiger partial charge in [-0.05, 0) is 19.7 Å². The van der Waals surface area contributed by atoms with Crippen LogP contribution in [-0.4, -0.2) is 25.5 Å². The molecule has 1 rings (SSSR count). The Kier molecular flexibility index (Phi) is 7.15. The quantitative estimate of drug-likeness (QED) is 0.823. The van der Waals surface area contributed by atoms with Crippen molar-refractivity contribution in [3.05, 3.63) is 42.0 Å². The van der Waals surface area contributed by atoms with E-state index in [9.17, 15) is 0 Å². The molecule has 0 heterocycles. The lowest BCUT2D eigenvalue weighted by atomic mass is 10.2. The molecular weight excluding hydrogens is 306 g/mol. The molecule has 0 aliphatic rings. The van der Waals surface area contributed by atoms with E-state index in [0.29, 0.717) is 0 Å². The van der Waals surface area contributed by atoms with Gasteiger partial charge in [0.15, 0.2) is 0 Å². The molecule has 14 heavy (non-hydrogen) atoms. The minimum Gasteiger partial charge on any atom is -0.306 e. The van der Waals surface area contributed by atoms with Crippen LogP contribution in [0, 0.1) is 0 Å². The highest BCUT2D eigenvalue weighted by molar-refractivity contribution is 9.15. The van der Waals surface area contributed by atoms with E-state index in [1.54, 1.807) is 0 Å². The molecule has 0 saturated carbocycles. The van der Waals surface area contributed by atoms with E-state index < -0.39 is 0 Å². The lowest BCUT2D eigenvalue weighted by molar-refractivity contribution is 0.457. The lowest BCUT2D eigenvalue weighted by Crippen LogP contribution is -2.10. The van der Waals surface area contributed by atoms with Crippen LogP contribution in [0.1, 0.15) is 5.56 Å². The second-order valence-electron chi connectivity index (χ2n) is 3.18. The van der Waals surface area contributed by atoms with Crippen molar-refractivity contribution >= 4 is 37.4 Å². The zero-order valence-electron chi connectivity index (χ0n) is 8.40. The normalized spacial score (nSPS) is 11.3. The van der Waals surface area contributed by atoms with Crippen LogP contribution in [0.15, 0.2) is 36.4 Å². The summed E-state index contributed by atoms with van der Waals surface area (Å²) in [6, 6.07) is 10.3. The molecular formula is C11H15Br2N. The second kappa shape index (κ2) is 7.21. The molecule has 0 saturated heterocycles. The number of benzene rings is 1. The van der Waals surface area contributed by atoms with Gasteiger partial charge in [-0.3, -0.25) is 0 Å². The predicted molar refractivity (Wildman–Crippen MR) is 72.2 cm³/mol. The molecule has 1 aromatic rings. The van der Waals surface area contributed by atoms with Gasteiger partial charge < -0.3 is 4.90 Å². The third-order valence-electron chi connectivity index (χ3n) is 1.69. The predicted octanol–water partition coefficient (Wildman–Crippen LogP) is 3.56. The Bertz CT molecular complexity index is 281. The first-order valence-electron chi connectivity index (χ1n) is 4.26. The number of hydrogen-bond donors (Lipinski definition) is 0. The Hall–Kier alpha value is -0.120. The van der Waals surface area contributed by atoms with Gasteiger partial charge in [-0.25, -0.2) is 0 Å². The molecule has 0 amide bonds. The summed E-state index contributed by atoms with van der Waals surface area (Å²) in [5.74, 6) is 0. The van der Waals surface area contributed by atoms with Crippen LogP contribution < -0.4 is 0 Å². The number of nitrogens with zero attached hydrogens (tertiary/aromatic N) is 1. The van der Waals surface area contributed by atoms with Crippen molar-refractivity contribution in [2.75, 3.05) is 20.6 Å². The molecule has 0 aromatic heterocycles. The van der Waals surface area contributed by atoms with Crippen LogP contribution in [0.5, 0.6) is 0 Å². The summed E-state index contributed by atoms with van der Waals surface area (Å²) in [4.78, 5) is 2.13. The Morgan fingerprint density at radius 3 is 2.36 bits per heavy atom. The summed E-state index contributed by atoms with van der Waals surface area (Å²) < 4.78 is 1.15. The van der Waals surface area contributed by atoms with E-state index >= 15 is 0 Å². The minimum absolute atomic E-state index is 0. The Balaban J connectivity index is 0.00000169. The van der Waals surface area contributed by atoms with Gasteiger partial charge in [0.05, 0.1) is 0 Å². The first kappa shape index (κ1) is 13.9. The maximum atomic E-state index is 3.55. The highest BCUT2D eigenvalue weighted by Gasteiger charge is 1.94. The fourth-order valence-corrected chi connectivity index (χ4v) is 1.39. The number of hydrogen-bond acceptors (Lipinski definition) is 1. The Labute approximate surface area is 105 Å². The molecule has 0 aliphatic carbocycles. The summed E-state index contributed by atoms with van der Waals surface area (Å²) in [5.41, 5.74) is 1.23. The monoisotopic (exact) mass is 319 g/mol. The summed E-state index contributed by atoms with van der Waals surface area (Å²) >= 11 is 3.55. The molecule has 1 nitrogen and oxygen atoms in total. The van der Waals surface area contributed by atoms with Gasteiger partial charge in [0.25, 0.3) is 0 Å². The molecule has 0 bridgehead atoms. The largest absolute Gasteiger partial charge is 0.306 e. The number of halogens is 2. The van der Waals surface area contributed by atoms with E-state index in [4.69, 9.17) is 0 Å². The topological polar surface area (TPSA) is 3.24 Å². The van der Waals surface area contributed by atoms with Crippen molar-refractivity contribution < 1.29 is 0 Å². The molecule has 0 atom stereocenters. The molecule has 1 aromatic carbocycles. The van der Waals surface area contributed by atoms with Crippen molar-refractivity contribution in [1.29, 1.82) is 0 Å². The minimum atomic E-state index is 0. The molecule has 78 valence electrons. The Morgan fingerprint density at radius 2 is 1.86 bits per heavy atom. The van der Waals surface area contributed by atoms with E-state index in [-0.39, 0.29) is 17.0 Å². The number of rotatable bonds is 3. The third-order valence-corrected chi connectivity index (χ3v) is 2.47. The highest BCUT2D eigenvalue weighted by atomic mass is 79.9. The Morgan fingerprint density at radius 1 is 1.29 bits per heavy atom. The lowest BCUT2D eigenvalue weighted by Gasteiger charge is -2.05. The van der Waals surface area contributed by atoms with Crippen LogP contribution in [0.4, 0.5) is 0 Å². The van der Waals surface area contributed by atoms with Crippen molar-refractivity contribution in [1.82, 2.24) is 4.90 Å². The summed E-state index contributed by atoms with van der Waals surface area (Å²) in [6.07, 6.45) is 2.16. The first-order valence-corrected chi connectivity index (χ1v) is 5.05. The van der Waals surface area contributed by atoms with Gasteiger partial charge in [-0.1, -0.05) is 52.3 Å². The van der Waals surface area contributed by atoms with Crippen molar-refractivity contribution in [2.45, 2.75) is 0 Å². The van der Waals surface area contributed by atoms with E-state index in [0.717, 1.165) is 11.0 Å². The number of likely N-dealkylation sites (N-methyl/N-ethyl adjacent to an activating group) is 1. The van der Waals surface area contributed by atoms with Gasteiger partial charge in [-0.15, -0.1) is 17.0 Å². The molecule has 0 unspecified atom stereocenters. The molecule has 0 spiro atoms. The summed E-state index contributed by atoms with van der Waals surface area (Å²) in [6.45, 7) is 0.954. The van der Waals surface area contributed by atoms with Gasteiger partial charge in [0, 0.05) is 11.0 Å². The average molecular weight is 321 g/mol. The zero-order valence-corrected chi connectivity index (χ0v) is 11.7. The van der Waals surface area contributed by atoms with Crippen LogP contribution in [-0.2, 0) is 0 Å². The van der Waals surface area contributed by atoms with E-state index in [1.165, 1.54) is 5.56 Å². The van der Waals surface area contributed by atoms with Gasteiger partial charge in [-0.2, -0.15) is 0 Å². The first-order chi connectivity index (χ1) is 6.20.